The smallest absolute Gasteiger partial charge is 0.255 e. The van der Waals surface area contributed by atoms with Gasteiger partial charge < -0.3 is 10.4 Å². The van der Waals surface area contributed by atoms with Crippen LogP contribution in [0.25, 0.3) is 0 Å². The lowest BCUT2D eigenvalue weighted by molar-refractivity contribution is 0.0340. The van der Waals surface area contributed by atoms with Gasteiger partial charge in [-0.15, -0.1) is 5.92 Å². The first-order valence-corrected chi connectivity index (χ1v) is 12.5. The van der Waals surface area contributed by atoms with Gasteiger partial charge in [-0.2, -0.15) is 0 Å². The van der Waals surface area contributed by atoms with Gasteiger partial charge in [0.05, 0.1) is 15.2 Å². The van der Waals surface area contributed by atoms with E-state index in [4.69, 9.17) is 11.6 Å². The summed E-state index contributed by atoms with van der Waals surface area (Å²) < 4.78 is 67.3. The Hall–Kier alpha value is -2.54. The van der Waals surface area contributed by atoms with Crippen molar-refractivity contribution in [2.75, 3.05) is 5.32 Å². The van der Waals surface area contributed by atoms with Crippen molar-refractivity contribution < 1.29 is 31.5 Å². The van der Waals surface area contributed by atoms with E-state index in [-0.39, 0.29) is 45.8 Å². The van der Waals surface area contributed by atoms with Crippen molar-refractivity contribution in [2.24, 2.45) is 11.8 Å². The molecule has 2 aromatic rings. The van der Waals surface area contributed by atoms with Crippen LogP contribution in [0.15, 0.2) is 35.2 Å². The summed E-state index contributed by atoms with van der Waals surface area (Å²) in [6.07, 6.45) is 1.71. The number of rotatable bonds is 4. The molecule has 2 fully saturated rings. The Morgan fingerprint density at radius 1 is 1.12 bits per heavy atom. The number of nitrogens with one attached hydrogen (secondary N) is 1. The van der Waals surface area contributed by atoms with E-state index in [1.54, 1.807) is 6.92 Å². The number of fused-ring (bicyclic) bond motifs is 2. The van der Waals surface area contributed by atoms with Crippen LogP contribution in [0.4, 0.5) is 18.9 Å². The normalized spacial score (nSPS) is 26.0. The summed E-state index contributed by atoms with van der Waals surface area (Å²) >= 11 is 6.22. The highest BCUT2D eigenvalue weighted by Crippen LogP contribution is 2.51. The molecule has 5 nitrogen and oxygen atoms in total. The van der Waals surface area contributed by atoms with Gasteiger partial charge in [-0.05, 0) is 62.6 Å². The zero-order chi connectivity index (χ0) is 24.8. The molecule has 34 heavy (non-hydrogen) atoms. The van der Waals surface area contributed by atoms with Crippen molar-refractivity contribution in [1.29, 1.82) is 0 Å². The predicted octanol–water partition coefficient (Wildman–Crippen LogP) is 4.73. The molecule has 0 spiro atoms. The van der Waals surface area contributed by atoms with E-state index in [0.29, 0.717) is 25.0 Å². The van der Waals surface area contributed by atoms with Crippen molar-refractivity contribution in [2.45, 2.75) is 48.4 Å². The summed E-state index contributed by atoms with van der Waals surface area (Å²) in [6, 6.07) is 4.89. The lowest BCUT2D eigenvalue weighted by Crippen LogP contribution is -2.45. The standard InChI is InChI=1S/C24H21ClF3NO4S/c1-2-7-24(31)11-14-3-4-15(12-24)22(14)34(32,33)20-8-13(5-6-17(20)25)23(30)29-16-9-18(26)21(28)19(27)10-16/h5-6,8-10,14-15,22,31H,3-4,11-12H2,1H3,(H,29,30)/t14-,15?,22?,24-/m0/s1. The molecule has 10 heteroatoms. The molecule has 0 saturated heterocycles. The van der Waals surface area contributed by atoms with Gasteiger partial charge in [-0.3, -0.25) is 4.79 Å². The minimum atomic E-state index is -3.98. The van der Waals surface area contributed by atoms with E-state index < -0.39 is 44.0 Å². The highest BCUT2D eigenvalue weighted by atomic mass is 35.5. The average Bonchev–Trinajstić information content (AvgIpc) is 3.05. The van der Waals surface area contributed by atoms with Crippen LogP contribution in [-0.4, -0.2) is 30.3 Å². The largest absolute Gasteiger partial charge is 0.378 e. The van der Waals surface area contributed by atoms with Crippen LogP contribution >= 0.6 is 11.6 Å². The van der Waals surface area contributed by atoms with Gasteiger partial charge in [-0.1, -0.05) is 17.5 Å². The van der Waals surface area contributed by atoms with Crippen LogP contribution in [0.2, 0.25) is 5.02 Å². The molecule has 2 aliphatic carbocycles. The van der Waals surface area contributed by atoms with E-state index >= 15 is 0 Å². The number of benzene rings is 2. The SMILES string of the molecule is CC#C[C@@]1(O)CC2CC[C@@H](C1)C2S(=O)(=O)c1cc(C(=O)Nc2cc(F)c(F)c(F)c2)ccc1Cl. The van der Waals surface area contributed by atoms with Crippen LogP contribution in [0.3, 0.4) is 0 Å². The molecule has 2 bridgehead atoms. The number of amides is 1. The van der Waals surface area contributed by atoms with Gasteiger partial charge in [0.15, 0.2) is 27.3 Å². The summed E-state index contributed by atoms with van der Waals surface area (Å²) in [7, 11) is -3.98. The molecular formula is C24H21ClF3NO4S. The fraction of sp³-hybridized carbons (Fsp3) is 0.375. The van der Waals surface area contributed by atoms with E-state index in [1.807, 2.05) is 0 Å². The molecule has 1 amide bonds. The van der Waals surface area contributed by atoms with Gasteiger partial charge in [0.25, 0.3) is 5.91 Å². The third-order valence-electron chi connectivity index (χ3n) is 6.49. The molecule has 0 aromatic heterocycles. The molecule has 0 aliphatic heterocycles. The maximum atomic E-state index is 13.6. The first-order valence-electron chi connectivity index (χ1n) is 10.6. The molecule has 2 aromatic carbocycles. The van der Waals surface area contributed by atoms with E-state index in [9.17, 15) is 31.5 Å². The van der Waals surface area contributed by atoms with Gasteiger partial charge in [0.1, 0.15) is 5.60 Å². The van der Waals surface area contributed by atoms with Crippen molar-refractivity contribution in [3.8, 4) is 11.8 Å². The molecule has 2 saturated carbocycles. The third kappa shape index (κ3) is 4.42. The Labute approximate surface area is 200 Å². The number of carbonyl (C=O) groups excluding carboxylic acids is 1. The highest BCUT2D eigenvalue weighted by Gasteiger charge is 2.54. The first-order chi connectivity index (χ1) is 15.9. The lowest BCUT2D eigenvalue weighted by atomic mass is 9.77. The Morgan fingerprint density at radius 3 is 2.26 bits per heavy atom. The van der Waals surface area contributed by atoms with Gasteiger partial charge >= 0.3 is 0 Å². The van der Waals surface area contributed by atoms with E-state index in [1.165, 1.54) is 12.1 Å². The number of hydrogen-bond acceptors (Lipinski definition) is 4. The molecular weight excluding hydrogens is 491 g/mol. The molecule has 180 valence electrons. The Bertz CT molecular complexity index is 1300. The number of anilines is 1. The second-order valence-electron chi connectivity index (χ2n) is 8.78. The van der Waals surface area contributed by atoms with Gasteiger partial charge in [0.2, 0.25) is 0 Å². The highest BCUT2D eigenvalue weighted by molar-refractivity contribution is 7.92. The third-order valence-corrected chi connectivity index (χ3v) is 9.37. The molecule has 2 N–H and O–H groups in total. The van der Waals surface area contributed by atoms with E-state index in [0.717, 1.165) is 6.07 Å². The summed E-state index contributed by atoms with van der Waals surface area (Å²) in [5, 5.41) is 12.1. The second-order valence-corrected chi connectivity index (χ2v) is 11.3. The average molecular weight is 512 g/mol. The van der Waals surface area contributed by atoms with Crippen molar-refractivity contribution in [1.82, 2.24) is 0 Å². The van der Waals surface area contributed by atoms with Gasteiger partial charge in [-0.25, -0.2) is 21.6 Å². The Kier molecular flexibility index (Phi) is 6.44. The van der Waals surface area contributed by atoms with Crippen LogP contribution in [-0.2, 0) is 9.84 Å². The summed E-state index contributed by atoms with van der Waals surface area (Å²) in [5.41, 5.74) is -1.66. The molecule has 2 aliphatic rings. The Morgan fingerprint density at radius 2 is 1.71 bits per heavy atom. The van der Waals surface area contributed by atoms with Crippen molar-refractivity contribution >= 4 is 33.0 Å². The maximum absolute atomic E-state index is 13.6. The zero-order valence-corrected chi connectivity index (χ0v) is 19.6. The number of sulfone groups is 1. The van der Waals surface area contributed by atoms with Crippen LogP contribution in [0.1, 0.15) is 43.0 Å². The summed E-state index contributed by atoms with van der Waals surface area (Å²) in [6.45, 7) is 1.62. The number of carbonyl (C=O) groups is 1. The topological polar surface area (TPSA) is 83.5 Å². The molecule has 2 unspecified atom stereocenters. The molecule has 0 radical (unpaired) electrons. The second kappa shape index (κ2) is 8.91. The van der Waals surface area contributed by atoms with Crippen molar-refractivity contribution in [3.05, 3.63) is 58.4 Å². The number of aliphatic hydroxyl groups is 1. The molecule has 4 atom stereocenters. The molecule has 0 heterocycles. The monoisotopic (exact) mass is 511 g/mol. The fourth-order valence-corrected chi connectivity index (χ4v) is 8.05. The van der Waals surface area contributed by atoms with Crippen molar-refractivity contribution in [3.63, 3.8) is 0 Å². The van der Waals surface area contributed by atoms with Crippen LogP contribution in [0.5, 0.6) is 0 Å². The van der Waals surface area contributed by atoms with Gasteiger partial charge in [0, 0.05) is 23.4 Å². The maximum Gasteiger partial charge on any atom is 0.255 e. The lowest BCUT2D eigenvalue weighted by Gasteiger charge is -2.38. The summed E-state index contributed by atoms with van der Waals surface area (Å²) in [4.78, 5) is 12.4. The zero-order valence-electron chi connectivity index (χ0n) is 18.0. The number of hydrogen-bond donors (Lipinski definition) is 2. The van der Waals surface area contributed by atoms with Crippen LogP contribution in [0, 0.1) is 41.1 Å². The minimum Gasteiger partial charge on any atom is -0.378 e. The first kappa shape index (κ1) is 24.6. The minimum absolute atomic E-state index is 0.0657. The fourth-order valence-electron chi connectivity index (χ4n) is 5.21. The van der Waals surface area contributed by atoms with E-state index in [2.05, 4.69) is 17.2 Å². The van der Waals surface area contributed by atoms with Crippen LogP contribution < -0.4 is 5.32 Å². The summed E-state index contributed by atoms with van der Waals surface area (Å²) in [5.74, 6) is -0.589. The molecule has 4 rings (SSSR count). The Balaban J connectivity index is 1.63. The number of halogens is 4. The predicted molar refractivity (Wildman–Crippen MR) is 121 cm³/mol. The quantitative estimate of drug-likeness (QED) is 0.459.